The van der Waals surface area contributed by atoms with E-state index in [0.29, 0.717) is 18.3 Å². The van der Waals surface area contributed by atoms with Crippen molar-refractivity contribution in [1.82, 2.24) is 20.2 Å². The third-order valence-corrected chi connectivity index (χ3v) is 5.87. The van der Waals surface area contributed by atoms with E-state index < -0.39 is 0 Å². The van der Waals surface area contributed by atoms with Crippen molar-refractivity contribution in [1.29, 1.82) is 0 Å². The summed E-state index contributed by atoms with van der Waals surface area (Å²) in [5, 5.41) is 3.75. The van der Waals surface area contributed by atoms with Gasteiger partial charge in [-0.3, -0.25) is 4.90 Å². The molecule has 7 nitrogen and oxygen atoms in total. The molecule has 1 fully saturated rings. The Kier molecular flexibility index (Phi) is 7.19. The molecule has 1 aliphatic rings. The van der Waals surface area contributed by atoms with Crippen molar-refractivity contribution in [3.05, 3.63) is 77.4 Å². The molecule has 0 saturated carbocycles. The summed E-state index contributed by atoms with van der Waals surface area (Å²) in [7, 11) is 4.74. The van der Waals surface area contributed by atoms with Gasteiger partial charge >= 0.3 is 6.01 Å². The number of methoxy groups -OCH3 is 3. The van der Waals surface area contributed by atoms with Crippen molar-refractivity contribution >= 4 is 0 Å². The Bertz CT molecular complexity index is 936. The molecular formula is C25H30N4O3. The van der Waals surface area contributed by atoms with E-state index in [2.05, 4.69) is 80.8 Å². The Balaban J connectivity index is 1.60. The largest absolute Gasteiger partial charge is 0.481 e. The van der Waals surface area contributed by atoms with Crippen molar-refractivity contribution in [3.63, 3.8) is 0 Å². The Morgan fingerprint density at radius 3 is 1.94 bits per heavy atom. The summed E-state index contributed by atoms with van der Waals surface area (Å²) in [4.78, 5) is 11.1. The van der Waals surface area contributed by atoms with E-state index in [4.69, 9.17) is 14.2 Å². The Morgan fingerprint density at radius 1 is 0.875 bits per heavy atom. The summed E-state index contributed by atoms with van der Waals surface area (Å²) >= 11 is 0. The maximum Gasteiger partial charge on any atom is 0.322 e. The number of ether oxygens (including phenoxy) is 3. The number of nitrogens with one attached hydrogen (secondary N) is 1. The molecule has 0 unspecified atom stereocenters. The van der Waals surface area contributed by atoms with Gasteiger partial charge in [-0.1, -0.05) is 60.7 Å². The molecule has 2 aromatic carbocycles. The Labute approximate surface area is 189 Å². The predicted octanol–water partition coefficient (Wildman–Crippen LogP) is 3.11. The fraction of sp³-hybridized carbons (Fsp3) is 0.360. The number of benzene rings is 2. The van der Waals surface area contributed by atoms with Crippen LogP contribution in [-0.4, -0.2) is 61.9 Å². The lowest BCUT2D eigenvalue weighted by Gasteiger charge is -2.38. The molecule has 2 heterocycles. The van der Waals surface area contributed by atoms with E-state index in [9.17, 15) is 0 Å². The summed E-state index contributed by atoms with van der Waals surface area (Å²) in [6, 6.07) is 21.9. The fourth-order valence-electron chi connectivity index (χ4n) is 4.40. The van der Waals surface area contributed by atoms with E-state index in [1.165, 1.54) is 18.2 Å². The first-order valence-electron chi connectivity index (χ1n) is 10.8. The zero-order chi connectivity index (χ0) is 22.3. The van der Waals surface area contributed by atoms with Crippen molar-refractivity contribution in [2.24, 2.45) is 0 Å². The molecule has 0 bridgehead atoms. The molecule has 0 spiro atoms. The third kappa shape index (κ3) is 4.84. The molecule has 0 amide bonds. The van der Waals surface area contributed by atoms with Gasteiger partial charge in [0.1, 0.15) is 0 Å². The summed E-state index contributed by atoms with van der Waals surface area (Å²) in [6.45, 7) is 3.30. The molecule has 1 aliphatic heterocycles. The summed E-state index contributed by atoms with van der Waals surface area (Å²) < 4.78 is 16.2. The van der Waals surface area contributed by atoms with E-state index >= 15 is 0 Å². The number of hydrogen-bond acceptors (Lipinski definition) is 7. The minimum Gasteiger partial charge on any atom is -0.481 e. The second-order valence-electron chi connectivity index (χ2n) is 7.80. The highest BCUT2D eigenvalue weighted by atomic mass is 16.5. The number of hydrogen-bond donors (Lipinski definition) is 1. The van der Waals surface area contributed by atoms with Gasteiger partial charge in [0.05, 0.1) is 26.9 Å². The molecule has 1 aromatic heterocycles. The van der Waals surface area contributed by atoms with Gasteiger partial charge in [-0.2, -0.15) is 9.97 Å². The maximum atomic E-state index is 5.53. The second-order valence-corrected chi connectivity index (χ2v) is 7.80. The van der Waals surface area contributed by atoms with Crippen LogP contribution in [0.3, 0.4) is 0 Å². The highest BCUT2D eigenvalue weighted by Crippen LogP contribution is 2.32. The van der Waals surface area contributed by atoms with Crippen molar-refractivity contribution in [2.75, 3.05) is 41.0 Å². The normalized spacial score (nSPS) is 16.7. The van der Waals surface area contributed by atoms with Crippen LogP contribution in [0.4, 0.5) is 0 Å². The highest BCUT2D eigenvalue weighted by molar-refractivity contribution is 5.38. The lowest BCUT2D eigenvalue weighted by molar-refractivity contribution is 0.178. The molecule has 1 saturated heterocycles. The molecule has 0 radical (unpaired) electrons. The topological polar surface area (TPSA) is 68.7 Å². The molecule has 1 N–H and O–H groups in total. The molecule has 168 valence electrons. The van der Waals surface area contributed by atoms with Gasteiger partial charge in [0.15, 0.2) is 0 Å². The van der Waals surface area contributed by atoms with Gasteiger partial charge in [0.25, 0.3) is 0 Å². The number of piperazine rings is 1. The number of rotatable bonds is 8. The predicted molar refractivity (Wildman–Crippen MR) is 123 cm³/mol. The molecular weight excluding hydrogens is 404 g/mol. The summed E-state index contributed by atoms with van der Waals surface area (Å²) in [6.07, 6.45) is 0. The summed E-state index contributed by atoms with van der Waals surface area (Å²) in [5.41, 5.74) is 3.44. The minimum absolute atomic E-state index is 0.230. The monoisotopic (exact) mass is 434 g/mol. The maximum absolute atomic E-state index is 5.53. The molecule has 1 atom stereocenters. The fourth-order valence-corrected chi connectivity index (χ4v) is 4.40. The molecule has 32 heavy (non-hydrogen) atoms. The first-order chi connectivity index (χ1) is 15.7. The van der Waals surface area contributed by atoms with Crippen LogP contribution in [0.1, 0.15) is 22.6 Å². The first-order valence-corrected chi connectivity index (χ1v) is 10.8. The van der Waals surface area contributed by atoms with Crippen LogP contribution in [0.15, 0.2) is 60.7 Å². The SMILES string of the molecule is COc1nc(OC)c(CN2CCN[C@H](C(c3ccccc3)c3ccccc3)C2)c(OC)n1. The standard InChI is InChI=1S/C25H30N4O3/c1-30-23-20(24(31-2)28-25(27-23)32-3)16-29-15-14-26-21(17-29)22(18-10-6-4-7-11-18)19-12-8-5-9-13-19/h4-13,21-22,26H,14-17H2,1-3H3/t21-/m0/s1. The van der Waals surface area contributed by atoms with Crippen LogP contribution in [0.2, 0.25) is 0 Å². The highest BCUT2D eigenvalue weighted by Gasteiger charge is 2.30. The smallest absolute Gasteiger partial charge is 0.322 e. The Hall–Kier alpha value is -3.16. The van der Waals surface area contributed by atoms with Crippen LogP contribution in [0, 0.1) is 0 Å². The van der Waals surface area contributed by atoms with Crippen molar-refractivity contribution in [3.8, 4) is 17.8 Å². The zero-order valence-corrected chi connectivity index (χ0v) is 18.8. The zero-order valence-electron chi connectivity index (χ0n) is 18.8. The minimum atomic E-state index is 0.230. The van der Waals surface area contributed by atoms with Gasteiger partial charge in [-0.05, 0) is 11.1 Å². The average molecular weight is 435 g/mol. The van der Waals surface area contributed by atoms with Crippen LogP contribution in [-0.2, 0) is 6.54 Å². The first kappa shape index (κ1) is 22.0. The van der Waals surface area contributed by atoms with Crippen LogP contribution < -0.4 is 19.5 Å². The van der Waals surface area contributed by atoms with Crippen LogP contribution in [0.5, 0.6) is 17.8 Å². The quantitative estimate of drug-likeness (QED) is 0.584. The van der Waals surface area contributed by atoms with Crippen molar-refractivity contribution < 1.29 is 14.2 Å². The van der Waals surface area contributed by atoms with E-state index in [0.717, 1.165) is 25.2 Å². The Morgan fingerprint density at radius 2 is 1.44 bits per heavy atom. The van der Waals surface area contributed by atoms with Gasteiger partial charge < -0.3 is 19.5 Å². The molecule has 7 heteroatoms. The summed E-state index contributed by atoms with van der Waals surface area (Å²) in [5.74, 6) is 1.20. The van der Waals surface area contributed by atoms with Gasteiger partial charge in [0, 0.05) is 38.1 Å². The van der Waals surface area contributed by atoms with Gasteiger partial charge in [-0.25, -0.2) is 0 Å². The number of aromatic nitrogens is 2. The van der Waals surface area contributed by atoms with Gasteiger partial charge in [0.2, 0.25) is 11.8 Å². The average Bonchev–Trinajstić information content (AvgIpc) is 2.86. The lowest BCUT2D eigenvalue weighted by atomic mass is 9.84. The van der Waals surface area contributed by atoms with E-state index in [-0.39, 0.29) is 18.0 Å². The van der Waals surface area contributed by atoms with Gasteiger partial charge in [-0.15, -0.1) is 0 Å². The number of nitrogens with zero attached hydrogens (tertiary/aromatic N) is 3. The molecule has 3 aromatic rings. The van der Waals surface area contributed by atoms with Crippen molar-refractivity contribution in [2.45, 2.75) is 18.5 Å². The van der Waals surface area contributed by atoms with Crippen LogP contribution >= 0.6 is 0 Å². The molecule has 0 aliphatic carbocycles. The van der Waals surface area contributed by atoms with E-state index in [1.54, 1.807) is 14.2 Å². The third-order valence-electron chi connectivity index (χ3n) is 5.87. The van der Waals surface area contributed by atoms with E-state index in [1.807, 2.05) is 0 Å². The van der Waals surface area contributed by atoms with Crippen LogP contribution in [0.25, 0.3) is 0 Å². The lowest BCUT2D eigenvalue weighted by Crippen LogP contribution is -2.52. The second kappa shape index (κ2) is 10.4. The molecule has 4 rings (SSSR count).